The van der Waals surface area contributed by atoms with Gasteiger partial charge in [-0.25, -0.2) is 4.98 Å². The van der Waals surface area contributed by atoms with Crippen LogP contribution in [0.5, 0.6) is 5.88 Å². The minimum atomic E-state index is 0.136. The third-order valence-electron chi connectivity index (χ3n) is 4.36. The van der Waals surface area contributed by atoms with Crippen molar-refractivity contribution in [1.29, 1.82) is 0 Å². The van der Waals surface area contributed by atoms with Gasteiger partial charge in [-0.2, -0.15) is 0 Å². The lowest BCUT2D eigenvalue weighted by Crippen LogP contribution is -2.37. The molecule has 0 amide bonds. The average molecular weight is 363 g/mol. The molecular weight excluding hydrogens is 328 g/mol. The summed E-state index contributed by atoms with van der Waals surface area (Å²) in [4.78, 5) is 8.57. The molecule has 2 N–H and O–H groups in total. The van der Waals surface area contributed by atoms with E-state index in [1.165, 1.54) is 32.1 Å². The quantitative estimate of drug-likeness (QED) is 0.401. The van der Waals surface area contributed by atoms with Crippen molar-refractivity contribution in [3.63, 3.8) is 0 Å². The van der Waals surface area contributed by atoms with Gasteiger partial charge in [0.2, 0.25) is 5.88 Å². The number of nitrogens with one attached hydrogen (secondary N) is 2. The number of pyridine rings is 1. The first-order valence-corrected chi connectivity index (χ1v) is 9.85. The van der Waals surface area contributed by atoms with Gasteiger partial charge in [-0.3, -0.25) is 4.99 Å². The lowest BCUT2D eigenvalue weighted by molar-refractivity contribution is 0.0277. The van der Waals surface area contributed by atoms with Crippen molar-refractivity contribution < 1.29 is 9.47 Å². The molecule has 146 valence electrons. The standard InChI is InChI=1S/C20H34N4O2/c1-16(2)26-19-11-10-17(14-23-19)15-24-20(21-3)22-12-7-13-25-18-8-5-4-6-9-18/h10-11,14,16,18H,4-9,12-13,15H2,1-3H3,(H2,21,22,24). The molecule has 0 aliphatic heterocycles. The topological polar surface area (TPSA) is 67.8 Å². The number of nitrogens with zero attached hydrogens (tertiary/aromatic N) is 2. The third kappa shape index (κ3) is 8.04. The molecule has 1 aliphatic carbocycles. The molecule has 1 aromatic rings. The van der Waals surface area contributed by atoms with Crippen molar-refractivity contribution in [2.24, 2.45) is 4.99 Å². The zero-order chi connectivity index (χ0) is 18.6. The molecule has 0 saturated heterocycles. The van der Waals surface area contributed by atoms with Crippen LogP contribution < -0.4 is 15.4 Å². The fourth-order valence-corrected chi connectivity index (χ4v) is 2.99. The van der Waals surface area contributed by atoms with Crippen molar-refractivity contribution in [3.05, 3.63) is 23.9 Å². The summed E-state index contributed by atoms with van der Waals surface area (Å²) in [6.07, 6.45) is 9.89. The summed E-state index contributed by atoms with van der Waals surface area (Å²) in [5, 5.41) is 6.63. The van der Waals surface area contributed by atoms with Crippen molar-refractivity contribution in [2.45, 2.75) is 71.1 Å². The summed E-state index contributed by atoms with van der Waals surface area (Å²) < 4.78 is 11.5. The number of ether oxygens (including phenoxy) is 2. The second-order valence-electron chi connectivity index (χ2n) is 7.01. The van der Waals surface area contributed by atoms with E-state index >= 15 is 0 Å². The van der Waals surface area contributed by atoms with Crippen molar-refractivity contribution in [1.82, 2.24) is 15.6 Å². The number of hydrogen-bond acceptors (Lipinski definition) is 4. The maximum Gasteiger partial charge on any atom is 0.213 e. The highest BCUT2D eigenvalue weighted by Crippen LogP contribution is 2.20. The summed E-state index contributed by atoms with van der Waals surface area (Å²) in [6, 6.07) is 3.92. The Balaban J connectivity index is 1.59. The molecule has 1 aromatic heterocycles. The molecule has 1 heterocycles. The Labute approximate surface area is 157 Å². The molecule has 0 bridgehead atoms. The van der Waals surface area contributed by atoms with Gasteiger partial charge < -0.3 is 20.1 Å². The molecule has 2 rings (SSSR count). The van der Waals surface area contributed by atoms with Gasteiger partial charge in [0.15, 0.2) is 5.96 Å². The van der Waals surface area contributed by atoms with Gasteiger partial charge in [0.05, 0.1) is 12.2 Å². The van der Waals surface area contributed by atoms with E-state index in [0.717, 1.165) is 31.1 Å². The Bertz CT molecular complexity index is 525. The van der Waals surface area contributed by atoms with E-state index in [-0.39, 0.29) is 6.10 Å². The second-order valence-corrected chi connectivity index (χ2v) is 7.01. The monoisotopic (exact) mass is 362 g/mol. The smallest absolute Gasteiger partial charge is 0.213 e. The molecule has 1 aliphatic rings. The number of hydrogen-bond donors (Lipinski definition) is 2. The van der Waals surface area contributed by atoms with Crippen LogP contribution in [0.25, 0.3) is 0 Å². The zero-order valence-electron chi connectivity index (χ0n) is 16.5. The minimum Gasteiger partial charge on any atom is -0.475 e. The van der Waals surface area contributed by atoms with E-state index in [4.69, 9.17) is 9.47 Å². The van der Waals surface area contributed by atoms with Crippen LogP contribution in [0.4, 0.5) is 0 Å². The van der Waals surface area contributed by atoms with Gasteiger partial charge in [0.25, 0.3) is 0 Å². The van der Waals surface area contributed by atoms with Crippen LogP contribution in [0.2, 0.25) is 0 Å². The predicted octanol–water partition coefficient (Wildman–Crippen LogP) is 3.27. The van der Waals surface area contributed by atoms with E-state index < -0.39 is 0 Å². The fraction of sp³-hybridized carbons (Fsp3) is 0.700. The lowest BCUT2D eigenvalue weighted by Gasteiger charge is -2.22. The summed E-state index contributed by atoms with van der Waals surface area (Å²) in [5.74, 6) is 1.45. The molecule has 1 fully saturated rings. The average Bonchev–Trinajstić information content (AvgIpc) is 2.65. The van der Waals surface area contributed by atoms with E-state index in [2.05, 4.69) is 20.6 Å². The molecule has 6 nitrogen and oxygen atoms in total. The van der Waals surface area contributed by atoms with Gasteiger partial charge in [-0.15, -0.1) is 0 Å². The predicted molar refractivity (Wildman–Crippen MR) is 106 cm³/mol. The third-order valence-corrected chi connectivity index (χ3v) is 4.36. The van der Waals surface area contributed by atoms with Gasteiger partial charge in [-0.1, -0.05) is 25.3 Å². The van der Waals surface area contributed by atoms with E-state index in [1.54, 1.807) is 7.05 Å². The first kappa shape index (κ1) is 20.5. The Morgan fingerprint density at radius 3 is 2.69 bits per heavy atom. The highest BCUT2D eigenvalue weighted by Gasteiger charge is 2.12. The highest BCUT2D eigenvalue weighted by molar-refractivity contribution is 5.79. The van der Waals surface area contributed by atoms with Gasteiger partial charge in [-0.05, 0) is 38.7 Å². The van der Waals surface area contributed by atoms with E-state index in [0.29, 0.717) is 18.5 Å². The Morgan fingerprint density at radius 2 is 2.04 bits per heavy atom. The van der Waals surface area contributed by atoms with Crippen LogP contribution in [0, 0.1) is 0 Å². The fourth-order valence-electron chi connectivity index (χ4n) is 2.99. The SMILES string of the molecule is CN=C(NCCCOC1CCCCC1)NCc1ccc(OC(C)C)nc1. The molecule has 0 radical (unpaired) electrons. The van der Waals surface area contributed by atoms with Crippen LogP contribution in [0.15, 0.2) is 23.3 Å². The maximum atomic E-state index is 5.95. The summed E-state index contributed by atoms with van der Waals surface area (Å²) in [5.41, 5.74) is 1.09. The Hall–Kier alpha value is -1.82. The molecule has 0 atom stereocenters. The number of guanidine groups is 1. The largest absolute Gasteiger partial charge is 0.475 e. The summed E-state index contributed by atoms with van der Waals surface area (Å²) >= 11 is 0. The summed E-state index contributed by atoms with van der Waals surface area (Å²) in [7, 11) is 1.78. The lowest BCUT2D eigenvalue weighted by atomic mass is 9.98. The van der Waals surface area contributed by atoms with Gasteiger partial charge >= 0.3 is 0 Å². The summed E-state index contributed by atoms with van der Waals surface area (Å²) in [6.45, 7) is 6.33. The first-order valence-electron chi connectivity index (χ1n) is 9.85. The Morgan fingerprint density at radius 1 is 1.23 bits per heavy atom. The van der Waals surface area contributed by atoms with Gasteiger partial charge in [0, 0.05) is 39.0 Å². The molecule has 26 heavy (non-hydrogen) atoms. The minimum absolute atomic E-state index is 0.136. The molecule has 0 aromatic carbocycles. The molecular formula is C20H34N4O2. The van der Waals surface area contributed by atoms with Crippen LogP contribution in [-0.2, 0) is 11.3 Å². The van der Waals surface area contributed by atoms with Crippen molar-refractivity contribution >= 4 is 5.96 Å². The van der Waals surface area contributed by atoms with Crippen molar-refractivity contribution in [3.8, 4) is 5.88 Å². The normalized spacial score (nSPS) is 15.9. The van der Waals surface area contributed by atoms with E-state index in [1.807, 2.05) is 32.2 Å². The highest BCUT2D eigenvalue weighted by atomic mass is 16.5. The zero-order valence-corrected chi connectivity index (χ0v) is 16.5. The molecule has 0 unspecified atom stereocenters. The molecule has 6 heteroatoms. The number of aromatic nitrogens is 1. The van der Waals surface area contributed by atoms with Crippen molar-refractivity contribution in [2.75, 3.05) is 20.2 Å². The number of rotatable bonds is 9. The maximum absolute atomic E-state index is 5.95. The van der Waals surface area contributed by atoms with Crippen LogP contribution in [-0.4, -0.2) is 43.4 Å². The second kappa shape index (κ2) is 11.7. The van der Waals surface area contributed by atoms with Gasteiger partial charge in [0.1, 0.15) is 0 Å². The first-order chi connectivity index (χ1) is 12.7. The van der Waals surface area contributed by atoms with Crippen LogP contribution >= 0.6 is 0 Å². The number of aliphatic imine (C=N–C) groups is 1. The molecule has 1 saturated carbocycles. The van der Waals surface area contributed by atoms with E-state index in [9.17, 15) is 0 Å². The Kier molecular flexibility index (Phi) is 9.24. The van der Waals surface area contributed by atoms with Crippen LogP contribution in [0.3, 0.4) is 0 Å². The van der Waals surface area contributed by atoms with Crippen LogP contribution in [0.1, 0.15) is 57.9 Å². The molecule has 0 spiro atoms.